The van der Waals surface area contributed by atoms with Gasteiger partial charge in [0.2, 0.25) is 11.5 Å². The van der Waals surface area contributed by atoms with Crippen LogP contribution in [0.25, 0.3) is 11.1 Å². The second kappa shape index (κ2) is 8.86. The topological polar surface area (TPSA) is 144 Å². The molecule has 35 heavy (non-hydrogen) atoms. The first-order chi connectivity index (χ1) is 16.9. The molecule has 0 spiro atoms. The maximum atomic E-state index is 12.8. The molecule has 2 unspecified atom stereocenters. The van der Waals surface area contributed by atoms with Crippen LogP contribution in [0.3, 0.4) is 0 Å². The van der Waals surface area contributed by atoms with E-state index in [1.807, 2.05) is 48.5 Å². The predicted molar refractivity (Wildman–Crippen MR) is 124 cm³/mol. The van der Waals surface area contributed by atoms with Crippen molar-refractivity contribution in [2.24, 2.45) is 5.41 Å². The van der Waals surface area contributed by atoms with Gasteiger partial charge in [0.05, 0.1) is 5.41 Å². The number of ether oxygens (including phenoxy) is 1. The van der Waals surface area contributed by atoms with Crippen molar-refractivity contribution >= 4 is 23.8 Å². The van der Waals surface area contributed by atoms with Crippen LogP contribution in [0.4, 0.5) is 10.6 Å². The molecule has 5 rings (SSSR count). The van der Waals surface area contributed by atoms with E-state index in [1.54, 1.807) is 6.92 Å². The number of hydrogen-bond donors (Lipinski definition) is 3. The summed E-state index contributed by atoms with van der Waals surface area (Å²) in [7, 11) is 0. The Morgan fingerprint density at radius 2 is 1.74 bits per heavy atom. The highest BCUT2D eigenvalue weighted by Gasteiger charge is 2.46. The standard InChI is InChI=1S/C25H24N4O6/c1-25(23(31)32)12-6-11-19(25)26-22(30)20-21(29-35-28-20)27-24(33)34-13-18-16-9-4-2-7-14(16)15-8-3-5-10-17(15)18/h2-5,7-10,18-19H,6,11-13H2,1H3,(H,26,30)(H,31,32)(H,27,29,33). The molecule has 2 aliphatic carbocycles. The first kappa shape index (κ1) is 22.6. The number of carbonyl (C=O) groups excluding carboxylic acids is 2. The molecule has 180 valence electrons. The second-order valence-electron chi connectivity index (χ2n) is 9.05. The normalized spacial score (nSPS) is 20.7. The summed E-state index contributed by atoms with van der Waals surface area (Å²) in [6.45, 7) is 1.69. The van der Waals surface area contributed by atoms with E-state index in [4.69, 9.17) is 4.74 Å². The maximum absolute atomic E-state index is 12.8. The monoisotopic (exact) mass is 476 g/mol. The van der Waals surface area contributed by atoms with E-state index in [1.165, 1.54) is 0 Å². The molecule has 1 heterocycles. The van der Waals surface area contributed by atoms with Gasteiger partial charge >= 0.3 is 12.1 Å². The molecule has 3 aromatic rings. The highest BCUT2D eigenvalue weighted by Crippen LogP contribution is 2.44. The Morgan fingerprint density at radius 1 is 1.09 bits per heavy atom. The van der Waals surface area contributed by atoms with E-state index in [0.29, 0.717) is 19.3 Å². The van der Waals surface area contributed by atoms with Crippen molar-refractivity contribution in [3.05, 3.63) is 65.4 Å². The van der Waals surface area contributed by atoms with Gasteiger partial charge in [-0.1, -0.05) is 55.0 Å². The number of hydrogen-bond acceptors (Lipinski definition) is 7. The molecule has 2 aromatic carbocycles. The summed E-state index contributed by atoms with van der Waals surface area (Å²) >= 11 is 0. The lowest BCUT2D eigenvalue weighted by atomic mass is 9.85. The Hall–Kier alpha value is -4.21. The Bertz CT molecular complexity index is 1260. The van der Waals surface area contributed by atoms with Gasteiger partial charge in [-0.3, -0.25) is 14.9 Å². The SMILES string of the molecule is CC1(C(=O)O)CCCC1NC(=O)c1nonc1NC(=O)OCC1c2ccccc2-c2ccccc21. The molecule has 1 saturated carbocycles. The summed E-state index contributed by atoms with van der Waals surface area (Å²) < 4.78 is 10.1. The zero-order valence-electron chi connectivity index (χ0n) is 19.0. The summed E-state index contributed by atoms with van der Waals surface area (Å²) in [5.74, 6) is -1.98. The highest BCUT2D eigenvalue weighted by atomic mass is 16.6. The van der Waals surface area contributed by atoms with Crippen LogP contribution in [0, 0.1) is 5.41 Å². The minimum Gasteiger partial charge on any atom is -0.481 e. The molecule has 0 bridgehead atoms. The minimum absolute atomic E-state index is 0.0890. The van der Waals surface area contributed by atoms with Crippen LogP contribution >= 0.6 is 0 Å². The van der Waals surface area contributed by atoms with Crippen LogP contribution in [0.1, 0.15) is 53.7 Å². The van der Waals surface area contributed by atoms with Gasteiger partial charge in [0, 0.05) is 12.0 Å². The fraction of sp³-hybridized carbons (Fsp3) is 0.320. The molecule has 0 saturated heterocycles. The van der Waals surface area contributed by atoms with E-state index >= 15 is 0 Å². The van der Waals surface area contributed by atoms with Crippen molar-refractivity contribution in [1.29, 1.82) is 0 Å². The average molecular weight is 476 g/mol. The van der Waals surface area contributed by atoms with Crippen LogP contribution in [-0.2, 0) is 9.53 Å². The smallest absolute Gasteiger partial charge is 0.412 e. The van der Waals surface area contributed by atoms with E-state index in [9.17, 15) is 19.5 Å². The number of aromatic nitrogens is 2. The zero-order valence-corrected chi connectivity index (χ0v) is 19.0. The Labute approximate surface area is 200 Å². The number of anilines is 1. The fourth-order valence-electron chi connectivity index (χ4n) is 5.03. The van der Waals surface area contributed by atoms with Crippen LogP contribution in [0.5, 0.6) is 0 Å². The largest absolute Gasteiger partial charge is 0.481 e. The van der Waals surface area contributed by atoms with Crippen molar-refractivity contribution in [3.63, 3.8) is 0 Å². The van der Waals surface area contributed by atoms with E-state index < -0.39 is 29.4 Å². The third-order valence-corrected chi connectivity index (χ3v) is 7.02. The lowest BCUT2D eigenvalue weighted by molar-refractivity contribution is -0.148. The number of fused-ring (bicyclic) bond motifs is 3. The zero-order chi connectivity index (χ0) is 24.6. The lowest BCUT2D eigenvalue weighted by Gasteiger charge is -2.27. The molecule has 1 fully saturated rings. The van der Waals surface area contributed by atoms with E-state index in [-0.39, 0.29) is 24.0 Å². The lowest BCUT2D eigenvalue weighted by Crippen LogP contribution is -2.47. The van der Waals surface area contributed by atoms with Crippen LogP contribution in [-0.4, -0.2) is 46.0 Å². The van der Waals surface area contributed by atoms with Gasteiger partial charge in [-0.2, -0.15) is 0 Å². The predicted octanol–water partition coefficient (Wildman–Crippen LogP) is 3.80. The summed E-state index contributed by atoms with van der Waals surface area (Å²) in [6, 6.07) is 15.4. The van der Waals surface area contributed by atoms with Crippen molar-refractivity contribution in [2.45, 2.75) is 38.1 Å². The summed E-state index contributed by atoms with van der Waals surface area (Å²) in [5.41, 5.74) is 3.03. The fourth-order valence-corrected chi connectivity index (χ4v) is 5.03. The number of nitrogens with zero attached hydrogens (tertiary/aromatic N) is 2. The van der Waals surface area contributed by atoms with Gasteiger partial charge in [-0.25, -0.2) is 9.42 Å². The number of amides is 2. The van der Waals surface area contributed by atoms with Gasteiger partial charge in [0.15, 0.2) is 0 Å². The molecule has 10 nitrogen and oxygen atoms in total. The molecule has 2 aliphatic rings. The van der Waals surface area contributed by atoms with Gasteiger partial charge in [-0.15, -0.1) is 0 Å². The highest BCUT2D eigenvalue weighted by molar-refractivity contribution is 6.00. The molecular weight excluding hydrogens is 452 g/mol. The number of aliphatic carboxylic acids is 1. The Morgan fingerprint density at radius 3 is 2.40 bits per heavy atom. The third-order valence-electron chi connectivity index (χ3n) is 7.02. The molecule has 2 amide bonds. The number of benzene rings is 2. The van der Waals surface area contributed by atoms with Gasteiger partial charge in [0.1, 0.15) is 6.61 Å². The Balaban J connectivity index is 1.24. The first-order valence-corrected chi connectivity index (χ1v) is 11.4. The van der Waals surface area contributed by atoms with E-state index in [2.05, 4.69) is 25.6 Å². The van der Waals surface area contributed by atoms with Crippen molar-refractivity contribution < 1.29 is 28.9 Å². The average Bonchev–Trinajstić information content (AvgIpc) is 3.55. The summed E-state index contributed by atoms with van der Waals surface area (Å²) in [6.07, 6.45) is 0.840. The third kappa shape index (κ3) is 4.01. The quantitative estimate of drug-likeness (QED) is 0.487. The number of carboxylic acid groups (broad SMARTS) is 1. The number of nitrogens with one attached hydrogen (secondary N) is 2. The molecule has 2 atom stereocenters. The molecule has 0 radical (unpaired) electrons. The van der Waals surface area contributed by atoms with Gasteiger partial charge in [-0.05, 0) is 52.3 Å². The van der Waals surface area contributed by atoms with Crippen LogP contribution < -0.4 is 10.6 Å². The van der Waals surface area contributed by atoms with Crippen LogP contribution in [0.15, 0.2) is 53.2 Å². The second-order valence-corrected chi connectivity index (χ2v) is 9.05. The van der Waals surface area contributed by atoms with Crippen molar-refractivity contribution in [2.75, 3.05) is 11.9 Å². The molecule has 10 heteroatoms. The van der Waals surface area contributed by atoms with Gasteiger partial charge in [0.25, 0.3) is 5.91 Å². The van der Waals surface area contributed by atoms with Crippen LogP contribution in [0.2, 0.25) is 0 Å². The first-order valence-electron chi connectivity index (χ1n) is 11.4. The molecule has 1 aromatic heterocycles. The number of carbonyl (C=O) groups is 3. The van der Waals surface area contributed by atoms with Crippen molar-refractivity contribution in [3.8, 4) is 11.1 Å². The van der Waals surface area contributed by atoms with Crippen molar-refractivity contribution in [1.82, 2.24) is 15.6 Å². The Kier molecular flexibility index (Phi) is 5.72. The molecule has 0 aliphatic heterocycles. The molecular formula is C25H24N4O6. The molecule has 3 N–H and O–H groups in total. The van der Waals surface area contributed by atoms with Gasteiger partial charge < -0.3 is 15.2 Å². The number of rotatable bonds is 6. The maximum Gasteiger partial charge on any atom is 0.412 e. The summed E-state index contributed by atoms with van der Waals surface area (Å²) in [4.78, 5) is 37.0. The van der Waals surface area contributed by atoms with E-state index in [0.717, 1.165) is 22.3 Å². The number of carboxylic acids is 1. The summed E-state index contributed by atoms with van der Waals surface area (Å²) in [5, 5.41) is 21.8. The minimum atomic E-state index is -1.08.